The molecule has 0 bridgehead atoms. The standard InChI is InChI=1S/C12H22N4O/c1-10-12(11(2)17-14-10)9-16-7-5-15(4-3-13)6-8-16/h3-9,13H2,1-2H3. The smallest absolute Gasteiger partial charge is 0.138 e. The van der Waals surface area contributed by atoms with Crippen molar-refractivity contribution in [3.63, 3.8) is 0 Å². The minimum Gasteiger partial charge on any atom is -0.361 e. The topological polar surface area (TPSA) is 58.5 Å². The van der Waals surface area contributed by atoms with Gasteiger partial charge in [-0.1, -0.05) is 5.16 Å². The molecule has 1 aliphatic rings. The van der Waals surface area contributed by atoms with E-state index in [9.17, 15) is 0 Å². The molecule has 2 rings (SSSR count). The zero-order chi connectivity index (χ0) is 12.3. The number of aromatic nitrogens is 1. The largest absolute Gasteiger partial charge is 0.361 e. The molecule has 5 heteroatoms. The first-order chi connectivity index (χ1) is 8.20. The molecular formula is C12H22N4O. The molecule has 5 nitrogen and oxygen atoms in total. The first-order valence-corrected chi connectivity index (χ1v) is 6.27. The van der Waals surface area contributed by atoms with Crippen LogP contribution in [0.15, 0.2) is 4.52 Å². The van der Waals surface area contributed by atoms with E-state index in [0.717, 1.165) is 57.3 Å². The van der Waals surface area contributed by atoms with Crippen molar-refractivity contribution in [1.82, 2.24) is 15.0 Å². The number of nitrogens with two attached hydrogens (primary N) is 1. The molecule has 0 amide bonds. The molecule has 2 N–H and O–H groups in total. The summed E-state index contributed by atoms with van der Waals surface area (Å²) in [4.78, 5) is 4.88. The molecular weight excluding hydrogens is 216 g/mol. The minimum atomic E-state index is 0.754. The third kappa shape index (κ3) is 3.06. The van der Waals surface area contributed by atoms with Crippen molar-refractivity contribution in [2.45, 2.75) is 20.4 Å². The predicted molar refractivity (Wildman–Crippen MR) is 66.7 cm³/mol. The van der Waals surface area contributed by atoms with Crippen molar-refractivity contribution in [2.24, 2.45) is 5.73 Å². The van der Waals surface area contributed by atoms with Gasteiger partial charge in [-0.15, -0.1) is 0 Å². The molecule has 96 valence electrons. The van der Waals surface area contributed by atoms with Crippen LogP contribution < -0.4 is 5.73 Å². The van der Waals surface area contributed by atoms with E-state index in [2.05, 4.69) is 15.0 Å². The molecule has 0 unspecified atom stereocenters. The molecule has 0 aromatic carbocycles. The molecule has 0 aliphatic carbocycles. The van der Waals surface area contributed by atoms with Gasteiger partial charge in [0.1, 0.15) is 5.76 Å². The zero-order valence-corrected chi connectivity index (χ0v) is 10.8. The number of aryl methyl sites for hydroxylation is 2. The highest BCUT2D eigenvalue weighted by atomic mass is 16.5. The van der Waals surface area contributed by atoms with Crippen LogP contribution in [0, 0.1) is 13.8 Å². The summed E-state index contributed by atoms with van der Waals surface area (Å²) in [6.45, 7) is 11.1. The molecule has 0 saturated carbocycles. The normalized spacial score (nSPS) is 18.8. The second kappa shape index (κ2) is 5.62. The van der Waals surface area contributed by atoms with Gasteiger partial charge in [0.2, 0.25) is 0 Å². The molecule has 0 spiro atoms. The highest BCUT2D eigenvalue weighted by Gasteiger charge is 2.19. The molecule has 1 saturated heterocycles. The molecule has 17 heavy (non-hydrogen) atoms. The van der Waals surface area contributed by atoms with Crippen molar-refractivity contribution >= 4 is 0 Å². The Morgan fingerprint density at radius 2 is 1.82 bits per heavy atom. The van der Waals surface area contributed by atoms with E-state index in [-0.39, 0.29) is 0 Å². The lowest BCUT2D eigenvalue weighted by Gasteiger charge is -2.34. The Kier molecular flexibility index (Phi) is 4.15. The lowest BCUT2D eigenvalue weighted by Crippen LogP contribution is -2.47. The van der Waals surface area contributed by atoms with Crippen LogP contribution in [0.3, 0.4) is 0 Å². The summed E-state index contributed by atoms with van der Waals surface area (Å²) in [7, 11) is 0. The summed E-state index contributed by atoms with van der Waals surface area (Å²) in [5.74, 6) is 0.951. The highest BCUT2D eigenvalue weighted by molar-refractivity contribution is 5.20. The van der Waals surface area contributed by atoms with Crippen LogP contribution in [0.1, 0.15) is 17.0 Å². The minimum absolute atomic E-state index is 0.754. The maximum Gasteiger partial charge on any atom is 0.138 e. The van der Waals surface area contributed by atoms with Crippen LogP contribution in [-0.4, -0.2) is 54.2 Å². The summed E-state index contributed by atoms with van der Waals surface area (Å²) >= 11 is 0. The zero-order valence-electron chi connectivity index (χ0n) is 10.8. The fraction of sp³-hybridized carbons (Fsp3) is 0.750. The Morgan fingerprint density at radius 1 is 1.18 bits per heavy atom. The van der Waals surface area contributed by atoms with E-state index < -0.39 is 0 Å². The lowest BCUT2D eigenvalue weighted by molar-refractivity contribution is 0.129. The van der Waals surface area contributed by atoms with Crippen LogP contribution in [0.25, 0.3) is 0 Å². The number of nitrogens with zero attached hydrogens (tertiary/aromatic N) is 3. The predicted octanol–water partition coefficient (Wildman–Crippen LogP) is 0.368. The third-order valence-electron chi connectivity index (χ3n) is 3.47. The molecule has 0 atom stereocenters. The first kappa shape index (κ1) is 12.5. The van der Waals surface area contributed by atoms with Gasteiger partial charge in [-0.05, 0) is 13.8 Å². The van der Waals surface area contributed by atoms with Gasteiger partial charge in [-0.3, -0.25) is 9.80 Å². The van der Waals surface area contributed by atoms with Gasteiger partial charge in [0.25, 0.3) is 0 Å². The van der Waals surface area contributed by atoms with Crippen molar-refractivity contribution in [1.29, 1.82) is 0 Å². The summed E-state index contributed by atoms with van der Waals surface area (Å²) in [6, 6.07) is 0. The Balaban J connectivity index is 1.86. The molecule has 0 radical (unpaired) electrons. The fourth-order valence-corrected chi connectivity index (χ4v) is 2.30. The molecule has 1 fully saturated rings. The molecule has 1 aromatic rings. The highest BCUT2D eigenvalue weighted by Crippen LogP contribution is 2.15. The van der Waals surface area contributed by atoms with Crippen LogP contribution in [0.5, 0.6) is 0 Å². The Labute approximate surface area is 103 Å². The van der Waals surface area contributed by atoms with E-state index in [4.69, 9.17) is 10.3 Å². The van der Waals surface area contributed by atoms with Crippen LogP contribution >= 0.6 is 0 Å². The number of rotatable bonds is 4. The average molecular weight is 238 g/mol. The van der Waals surface area contributed by atoms with Crippen LogP contribution in [0.2, 0.25) is 0 Å². The van der Waals surface area contributed by atoms with Gasteiger partial charge in [0.15, 0.2) is 0 Å². The van der Waals surface area contributed by atoms with Crippen LogP contribution in [-0.2, 0) is 6.54 Å². The second-order valence-electron chi connectivity index (χ2n) is 4.71. The van der Waals surface area contributed by atoms with Crippen molar-refractivity contribution < 1.29 is 4.52 Å². The third-order valence-corrected chi connectivity index (χ3v) is 3.47. The Bertz CT molecular complexity index is 336. The van der Waals surface area contributed by atoms with E-state index in [1.54, 1.807) is 0 Å². The summed E-state index contributed by atoms with van der Waals surface area (Å²) in [5, 5.41) is 4.00. The Morgan fingerprint density at radius 3 is 2.35 bits per heavy atom. The molecule has 2 heterocycles. The Hall–Kier alpha value is -0.910. The summed E-state index contributed by atoms with van der Waals surface area (Å²) in [6.07, 6.45) is 0. The van der Waals surface area contributed by atoms with Gasteiger partial charge < -0.3 is 10.3 Å². The quantitative estimate of drug-likeness (QED) is 0.821. The molecule has 1 aliphatic heterocycles. The average Bonchev–Trinajstić information content (AvgIpc) is 2.64. The second-order valence-corrected chi connectivity index (χ2v) is 4.71. The van der Waals surface area contributed by atoms with E-state index >= 15 is 0 Å². The number of hydrogen-bond acceptors (Lipinski definition) is 5. The van der Waals surface area contributed by atoms with Crippen molar-refractivity contribution in [3.8, 4) is 0 Å². The van der Waals surface area contributed by atoms with E-state index in [1.807, 2.05) is 13.8 Å². The van der Waals surface area contributed by atoms with Crippen molar-refractivity contribution in [3.05, 3.63) is 17.0 Å². The van der Waals surface area contributed by atoms with Crippen LogP contribution in [0.4, 0.5) is 0 Å². The SMILES string of the molecule is Cc1noc(C)c1CN1CCN(CCN)CC1. The number of piperazine rings is 1. The maximum atomic E-state index is 5.57. The fourth-order valence-electron chi connectivity index (χ4n) is 2.30. The van der Waals surface area contributed by atoms with Gasteiger partial charge in [-0.2, -0.15) is 0 Å². The van der Waals surface area contributed by atoms with Gasteiger partial charge in [0.05, 0.1) is 5.69 Å². The lowest BCUT2D eigenvalue weighted by atomic mass is 10.2. The monoisotopic (exact) mass is 238 g/mol. The first-order valence-electron chi connectivity index (χ1n) is 6.27. The summed E-state index contributed by atoms with van der Waals surface area (Å²) < 4.78 is 5.19. The van der Waals surface area contributed by atoms with E-state index in [0.29, 0.717) is 0 Å². The molecule has 1 aromatic heterocycles. The number of hydrogen-bond donors (Lipinski definition) is 1. The van der Waals surface area contributed by atoms with Gasteiger partial charge >= 0.3 is 0 Å². The maximum absolute atomic E-state index is 5.57. The van der Waals surface area contributed by atoms with E-state index in [1.165, 1.54) is 5.56 Å². The summed E-state index contributed by atoms with van der Waals surface area (Å²) in [5.41, 5.74) is 7.84. The van der Waals surface area contributed by atoms with Gasteiger partial charge in [0, 0.05) is 51.4 Å². The van der Waals surface area contributed by atoms with Gasteiger partial charge in [-0.25, -0.2) is 0 Å². The van der Waals surface area contributed by atoms with Crippen molar-refractivity contribution in [2.75, 3.05) is 39.3 Å².